The van der Waals surface area contributed by atoms with Crippen molar-refractivity contribution in [2.24, 2.45) is 0 Å². The molecule has 1 heterocycles. The molecule has 4 rings (SSSR count). The summed E-state index contributed by atoms with van der Waals surface area (Å²) in [6, 6.07) is 22.8. The molecule has 6 nitrogen and oxygen atoms in total. The van der Waals surface area contributed by atoms with Crippen LogP contribution in [0.25, 0.3) is 0 Å². The molecule has 2 amide bonds. The smallest absolute Gasteiger partial charge is 0.269 e. The van der Waals surface area contributed by atoms with Crippen LogP contribution in [0.4, 0.5) is 11.4 Å². The van der Waals surface area contributed by atoms with E-state index in [1.54, 1.807) is 12.1 Å². The van der Waals surface area contributed by atoms with E-state index in [4.69, 9.17) is 4.74 Å². The minimum atomic E-state index is -0.548. The molecule has 3 aromatic rings. The topological polar surface area (TPSA) is 82.4 Å². The van der Waals surface area contributed by atoms with Crippen LogP contribution in [-0.4, -0.2) is 23.7 Å². The summed E-state index contributed by atoms with van der Waals surface area (Å²) in [5, 5.41) is 12.7. The van der Waals surface area contributed by atoms with E-state index in [1.807, 2.05) is 82.3 Å². The minimum Gasteiger partial charge on any atom is -0.493 e. The number of amides is 2. The van der Waals surface area contributed by atoms with Crippen LogP contribution in [0.3, 0.4) is 0 Å². The summed E-state index contributed by atoms with van der Waals surface area (Å²) in [6.45, 7) is 8.57. The Kier molecular flexibility index (Phi) is 8.55. The third kappa shape index (κ3) is 5.92. The van der Waals surface area contributed by atoms with Crippen molar-refractivity contribution in [2.75, 3.05) is 16.8 Å². The van der Waals surface area contributed by atoms with Crippen LogP contribution in [0, 0.1) is 32.1 Å². The maximum absolute atomic E-state index is 13.9. The number of benzene rings is 3. The van der Waals surface area contributed by atoms with Crippen molar-refractivity contribution in [3.05, 3.63) is 99.6 Å². The highest BCUT2D eigenvalue weighted by Gasteiger charge is 2.41. The number of anilines is 2. The molecule has 7 heteroatoms. The number of carbonyl (C=O) groups is 2. The zero-order valence-corrected chi connectivity index (χ0v) is 22.9. The van der Waals surface area contributed by atoms with E-state index in [0.717, 1.165) is 34.4 Å². The van der Waals surface area contributed by atoms with Crippen molar-refractivity contribution >= 4 is 35.0 Å². The van der Waals surface area contributed by atoms with Gasteiger partial charge in [0.15, 0.2) is 0 Å². The predicted octanol–water partition coefficient (Wildman–Crippen LogP) is 6.47. The molecule has 0 radical (unpaired) electrons. The largest absolute Gasteiger partial charge is 0.493 e. The molecule has 0 aromatic heterocycles. The summed E-state index contributed by atoms with van der Waals surface area (Å²) in [6.07, 6.45) is 1.28. The second-order valence-corrected chi connectivity index (χ2v) is 10.5. The lowest BCUT2D eigenvalue weighted by molar-refractivity contribution is -0.117. The number of aryl methyl sites for hydroxylation is 3. The van der Waals surface area contributed by atoms with Crippen LogP contribution in [-0.2, 0) is 16.0 Å². The fourth-order valence-corrected chi connectivity index (χ4v) is 5.44. The maximum atomic E-state index is 13.9. The van der Waals surface area contributed by atoms with Gasteiger partial charge in [-0.3, -0.25) is 14.5 Å². The molecule has 0 aliphatic carbocycles. The molecule has 1 N–H and O–H groups in total. The van der Waals surface area contributed by atoms with Crippen molar-refractivity contribution in [1.29, 1.82) is 5.26 Å². The molecule has 0 bridgehead atoms. The first-order valence-corrected chi connectivity index (χ1v) is 13.5. The van der Waals surface area contributed by atoms with Crippen molar-refractivity contribution in [3.63, 3.8) is 0 Å². The third-order valence-electron chi connectivity index (χ3n) is 6.40. The van der Waals surface area contributed by atoms with Gasteiger partial charge in [-0.15, -0.1) is 0 Å². The van der Waals surface area contributed by atoms with Gasteiger partial charge in [0.05, 0.1) is 11.9 Å². The van der Waals surface area contributed by atoms with Crippen LogP contribution in [0.15, 0.2) is 77.3 Å². The fourth-order valence-electron chi connectivity index (χ4n) is 4.14. The Morgan fingerprint density at radius 2 is 1.79 bits per heavy atom. The Labute approximate surface area is 228 Å². The average Bonchev–Trinajstić information content (AvgIpc) is 3.22. The normalized spacial score (nSPS) is 16.2. The Bertz CT molecular complexity index is 1420. The van der Waals surface area contributed by atoms with Gasteiger partial charge in [-0.25, -0.2) is 0 Å². The van der Waals surface area contributed by atoms with Crippen LogP contribution < -0.4 is 15.0 Å². The second-order valence-electron chi connectivity index (χ2n) is 9.32. The fraction of sp³-hybridized carbons (Fsp3) is 0.258. The molecule has 1 aliphatic heterocycles. The number of nitrogens with one attached hydrogen (secondary N) is 1. The second kappa shape index (κ2) is 12.0. The lowest BCUT2D eigenvalue weighted by atomic mass is 10.1. The summed E-state index contributed by atoms with van der Waals surface area (Å²) in [5.41, 5.74) is 5.20. The van der Waals surface area contributed by atoms with Crippen molar-refractivity contribution in [2.45, 2.75) is 45.8 Å². The summed E-state index contributed by atoms with van der Waals surface area (Å²) in [5.74, 6) is 0.0257. The molecule has 1 fully saturated rings. The molecule has 3 aromatic carbocycles. The number of carbonyl (C=O) groups excluding carboxylic acids is 2. The van der Waals surface area contributed by atoms with E-state index in [0.29, 0.717) is 29.4 Å². The highest BCUT2D eigenvalue weighted by atomic mass is 32.2. The maximum Gasteiger partial charge on any atom is 0.269 e. The lowest BCUT2D eigenvalue weighted by Gasteiger charge is -2.20. The molecular weight excluding hydrogens is 494 g/mol. The lowest BCUT2D eigenvalue weighted by Crippen LogP contribution is -2.31. The molecule has 0 spiro atoms. The minimum absolute atomic E-state index is 0.0971. The summed E-state index contributed by atoms with van der Waals surface area (Å²) in [4.78, 5) is 28.7. The molecule has 1 aliphatic rings. The van der Waals surface area contributed by atoms with Crippen molar-refractivity contribution in [3.8, 4) is 11.8 Å². The van der Waals surface area contributed by atoms with Gasteiger partial charge in [-0.2, -0.15) is 5.26 Å². The van der Waals surface area contributed by atoms with Gasteiger partial charge in [-0.05, 0) is 80.6 Å². The average molecular weight is 526 g/mol. The van der Waals surface area contributed by atoms with Gasteiger partial charge in [0.25, 0.3) is 5.91 Å². The van der Waals surface area contributed by atoms with E-state index in [2.05, 4.69) is 11.4 Å². The van der Waals surface area contributed by atoms with Gasteiger partial charge in [0, 0.05) is 11.4 Å². The predicted molar refractivity (Wildman–Crippen MR) is 153 cm³/mol. The van der Waals surface area contributed by atoms with E-state index in [9.17, 15) is 14.9 Å². The number of para-hydroxylation sites is 1. The number of rotatable bonds is 8. The molecule has 194 valence electrons. The van der Waals surface area contributed by atoms with E-state index in [-0.39, 0.29) is 11.5 Å². The van der Waals surface area contributed by atoms with Crippen LogP contribution >= 0.6 is 11.8 Å². The van der Waals surface area contributed by atoms with Crippen LogP contribution in [0.1, 0.15) is 35.6 Å². The first kappa shape index (κ1) is 27.0. The van der Waals surface area contributed by atoms with Gasteiger partial charge in [0.1, 0.15) is 22.4 Å². The van der Waals surface area contributed by atoms with Crippen molar-refractivity contribution < 1.29 is 14.3 Å². The first-order valence-electron chi connectivity index (χ1n) is 12.6. The number of ether oxygens (including phenoxy) is 1. The van der Waals surface area contributed by atoms with Crippen LogP contribution in [0.5, 0.6) is 5.75 Å². The Hall–Kier alpha value is -4.02. The van der Waals surface area contributed by atoms with Gasteiger partial charge in [-0.1, -0.05) is 60.6 Å². The summed E-state index contributed by atoms with van der Waals surface area (Å²) < 4.78 is 5.92. The Balaban J connectivity index is 1.73. The highest BCUT2D eigenvalue weighted by molar-refractivity contribution is 8.05. The number of hydrogen-bond donors (Lipinski definition) is 1. The number of nitrogens with zero attached hydrogens (tertiary/aromatic N) is 2. The zero-order valence-electron chi connectivity index (χ0n) is 22.1. The van der Waals surface area contributed by atoms with E-state index in [1.165, 1.54) is 16.7 Å². The number of thioether (sulfide) groups is 1. The number of nitriles is 1. The standard InChI is InChI=1S/C31H31N3O3S/c1-5-16-37-27-9-7-6-8-23(27)18-28-30(36)34(25-15-12-21(3)22(4)17-25)31(38-28)26(19-32)29(35)33-24-13-10-20(2)11-14-24/h6-15,17,28H,5,16,18H2,1-4H3,(H,33,35)/b31-26-/t28-/m0/s1. The molecule has 1 atom stereocenters. The van der Waals surface area contributed by atoms with Gasteiger partial charge < -0.3 is 10.1 Å². The van der Waals surface area contributed by atoms with Crippen LogP contribution in [0.2, 0.25) is 0 Å². The summed E-state index contributed by atoms with van der Waals surface area (Å²) >= 11 is 1.25. The molecule has 0 unspecified atom stereocenters. The molecule has 38 heavy (non-hydrogen) atoms. The highest BCUT2D eigenvalue weighted by Crippen LogP contribution is 2.43. The molecule has 1 saturated heterocycles. The number of hydrogen-bond acceptors (Lipinski definition) is 5. The van der Waals surface area contributed by atoms with E-state index < -0.39 is 11.2 Å². The molecule has 0 saturated carbocycles. The van der Waals surface area contributed by atoms with Gasteiger partial charge in [0.2, 0.25) is 5.91 Å². The molecular formula is C31H31N3O3S. The zero-order chi connectivity index (χ0) is 27.2. The van der Waals surface area contributed by atoms with Gasteiger partial charge >= 0.3 is 0 Å². The van der Waals surface area contributed by atoms with Crippen molar-refractivity contribution in [1.82, 2.24) is 0 Å². The Morgan fingerprint density at radius 1 is 1.05 bits per heavy atom. The third-order valence-corrected chi connectivity index (χ3v) is 7.67. The monoisotopic (exact) mass is 525 g/mol. The quantitative estimate of drug-likeness (QED) is 0.269. The first-order chi connectivity index (χ1) is 18.3. The Morgan fingerprint density at radius 3 is 2.47 bits per heavy atom. The van der Waals surface area contributed by atoms with E-state index >= 15 is 0 Å². The SMILES string of the molecule is CCCOc1ccccc1C[C@@H]1S/C(=C(/C#N)C(=O)Nc2ccc(C)cc2)N(c2ccc(C)c(C)c2)C1=O. The summed E-state index contributed by atoms with van der Waals surface area (Å²) in [7, 11) is 0.